The van der Waals surface area contributed by atoms with E-state index in [2.05, 4.69) is 4.98 Å². The van der Waals surface area contributed by atoms with E-state index in [4.69, 9.17) is 0 Å². The Bertz CT molecular complexity index is 1110. The van der Waals surface area contributed by atoms with Gasteiger partial charge in [0.05, 0.1) is 17.0 Å². The minimum Gasteiger partial charge on any atom is -0.269 e. The van der Waals surface area contributed by atoms with Gasteiger partial charge in [0.25, 0.3) is 11.8 Å². The fraction of sp³-hybridized carbons (Fsp3) is 0.125. The molecule has 0 spiro atoms. The molecule has 0 radical (unpaired) electrons. The number of pyridine rings is 1. The molecule has 0 bridgehead atoms. The quantitative estimate of drug-likeness (QED) is 0.579. The molecule has 1 aromatic heterocycles. The number of rotatable bonds is 5. The molecular weight excluding hydrogens is 380 g/mol. The molecule has 144 valence electrons. The normalized spacial score (nSPS) is 14.1. The van der Waals surface area contributed by atoms with Gasteiger partial charge in [-0.15, -0.1) is 0 Å². The van der Waals surface area contributed by atoms with Crippen molar-refractivity contribution >= 4 is 29.1 Å². The topological polar surface area (TPSA) is 50.3 Å². The number of thioether (sulfide) groups is 1. The average Bonchev–Trinajstić information content (AvgIpc) is 2.96. The van der Waals surface area contributed by atoms with E-state index in [0.29, 0.717) is 10.5 Å². The number of carbonyl (C=O) groups is 2. The van der Waals surface area contributed by atoms with Crippen LogP contribution in [-0.2, 0) is 16.1 Å². The van der Waals surface area contributed by atoms with E-state index >= 15 is 0 Å². The van der Waals surface area contributed by atoms with E-state index in [0.717, 1.165) is 27.1 Å². The molecule has 2 aromatic carbocycles. The monoisotopic (exact) mass is 400 g/mol. The number of hydrogen-bond donors (Lipinski definition) is 0. The Kier molecular flexibility index (Phi) is 5.32. The molecule has 0 atom stereocenters. The first kappa shape index (κ1) is 19.2. The van der Waals surface area contributed by atoms with Gasteiger partial charge in [-0.25, -0.2) is 0 Å². The van der Waals surface area contributed by atoms with Crippen LogP contribution in [0, 0.1) is 13.8 Å². The van der Waals surface area contributed by atoms with E-state index in [-0.39, 0.29) is 18.4 Å². The lowest BCUT2D eigenvalue weighted by atomic mass is 10.0. The number of amides is 2. The fourth-order valence-corrected chi connectivity index (χ4v) is 4.26. The second-order valence-corrected chi connectivity index (χ2v) is 8.06. The van der Waals surface area contributed by atoms with Gasteiger partial charge >= 0.3 is 0 Å². The van der Waals surface area contributed by atoms with Gasteiger partial charge in [0.2, 0.25) is 0 Å². The molecular formula is C24H20N2O2S. The zero-order valence-corrected chi connectivity index (χ0v) is 17.1. The van der Waals surface area contributed by atoms with E-state index < -0.39 is 0 Å². The predicted molar refractivity (Wildman–Crippen MR) is 115 cm³/mol. The molecule has 29 heavy (non-hydrogen) atoms. The number of carbonyl (C=O) groups excluding carboxylic acids is 2. The van der Waals surface area contributed by atoms with Crippen LogP contribution in [0.2, 0.25) is 0 Å². The third-order valence-corrected chi connectivity index (χ3v) is 6.04. The minimum absolute atomic E-state index is 0.207. The van der Waals surface area contributed by atoms with Crippen molar-refractivity contribution < 1.29 is 9.59 Å². The maximum atomic E-state index is 13.3. The molecule has 4 rings (SSSR count). The lowest BCUT2D eigenvalue weighted by Crippen LogP contribution is -2.31. The maximum absolute atomic E-state index is 13.3. The van der Waals surface area contributed by atoms with Gasteiger partial charge in [-0.3, -0.25) is 19.5 Å². The summed E-state index contributed by atoms with van der Waals surface area (Å²) in [6.07, 6.45) is 3.35. The Morgan fingerprint density at radius 3 is 2.38 bits per heavy atom. The van der Waals surface area contributed by atoms with Crippen LogP contribution in [0.1, 0.15) is 22.3 Å². The van der Waals surface area contributed by atoms with Crippen molar-refractivity contribution in [2.24, 2.45) is 0 Å². The first-order chi connectivity index (χ1) is 14.0. The van der Waals surface area contributed by atoms with Crippen LogP contribution in [0.15, 0.2) is 82.9 Å². The molecule has 4 nitrogen and oxygen atoms in total. The van der Waals surface area contributed by atoms with Crippen LogP contribution < -0.4 is 0 Å². The maximum Gasteiger partial charge on any atom is 0.268 e. The van der Waals surface area contributed by atoms with Crippen molar-refractivity contribution in [1.82, 2.24) is 9.88 Å². The molecule has 0 aliphatic carbocycles. The molecule has 0 N–H and O–H groups in total. The molecule has 0 saturated carbocycles. The van der Waals surface area contributed by atoms with Gasteiger partial charge < -0.3 is 0 Å². The van der Waals surface area contributed by atoms with Crippen molar-refractivity contribution in [3.05, 3.63) is 100 Å². The van der Waals surface area contributed by atoms with E-state index in [1.54, 1.807) is 18.5 Å². The number of aryl methyl sites for hydroxylation is 2. The summed E-state index contributed by atoms with van der Waals surface area (Å²) in [6, 6.07) is 19.2. The van der Waals surface area contributed by atoms with Gasteiger partial charge in [-0.2, -0.15) is 0 Å². The zero-order valence-electron chi connectivity index (χ0n) is 16.3. The SMILES string of the molecule is Cc1ccc(C2=C(Sc3ccccc3)C(=O)N(Cc3cccnc3)C2=O)cc1C. The van der Waals surface area contributed by atoms with Crippen molar-refractivity contribution in [2.75, 3.05) is 0 Å². The Hall–Kier alpha value is -3.18. The number of benzene rings is 2. The van der Waals surface area contributed by atoms with Crippen molar-refractivity contribution in [3.63, 3.8) is 0 Å². The third kappa shape index (κ3) is 3.87. The van der Waals surface area contributed by atoms with Gasteiger partial charge in [0, 0.05) is 17.3 Å². The molecule has 5 heteroatoms. The summed E-state index contributed by atoms with van der Waals surface area (Å²) in [5.41, 5.74) is 4.30. The summed E-state index contributed by atoms with van der Waals surface area (Å²) >= 11 is 1.34. The van der Waals surface area contributed by atoms with Crippen LogP contribution in [0.25, 0.3) is 5.57 Å². The van der Waals surface area contributed by atoms with Crippen LogP contribution in [0.4, 0.5) is 0 Å². The number of hydrogen-bond acceptors (Lipinski definition) is 4. The summed E-state index contributed by atoms with van der Waals surface area (Å²) in [6.45, 7) is 4.25. The van der Waals surface area contributed by atoms with E-state index in [1.165, 1.54) is 16.7 Å². The van der Waals surface area contributed by atoms with Crippen molar-refractivity contribution in [2.45, 2.75) is 25.3 Å². The Morgan fingerprint density at radius 2 is 1.69 bits per heavy atom. The summed E-state index contributed by atoms with van der Waals surface area (Å²) in [4.78, 5) is 33.4. The van der Waals surface area contributed by atoms with Crippen molar-refractivity contribution in [3.8, 4) is 0 Å². The van der Waals surface area contributed by atoms with Crippen LogP contribution in [0.5, 0.6) is 0 Å². The molecule has 1 aliphatic heterocycles. The van der Waals surface area contributed by atoms with Gasteiger partial charge in [0.15, 0.2) is 0 Å². The van der Waals surface area contributed by atoms with Gasteiger partial charge in [-0.1, -0.05) is 54.2 Å². The Balaban J connectivity index is 1.77. The predicted octanol–water partition coefficient (Wildman–Crippen LogP) is 4.77. The van der Waals surface area contributed by atoms with Crippen LogP contribution >= 0.6 is 11.8 Å². The summed E-state index contributed by atoms with van der Waals surface area (Å²) < 4.78 is 0. The Labute approximate surface area is 174 Å². The van der Waals surface area contributed by atoms with Gasteiger partial charge in [-0.05, 0) is 54.3 Å². The Morgan fingerprint density at radius 1 is 0.897 bits per heavy atom. The molecule has 0 saturated heterocycles. The second-order valence-electron chi connectivity index (χ2n) is 6.98. The molecule has 2 heterocycles. The summed E-state index contributed by atoms with van der Waals surface area (Å²) in [5, 5.41) is 0. The zero-order chi connectivity index (χ0) is 20.4. The molecule has 1 aliphatic rings. The fourth-order valence-electron chi connectivity index (χ4n) is 3.22. The summed E-state index contributed by atoms with van der Waals surface area (Å²) in [5.74, 6) is -0.526. The second kappa shape index (κ2) is 8.05. The molecule has 2 amide bonds. The number of imide groups is 1. The molecule has 3 aromatic rings. The number of nitrogens with zero attached hydrogens (tertiary/aromatic N) is 2. The largest absolute Gasteiger partial charge is 0.269 e. The van der Waals surface area contributed by atoms with E-state index in [9.17, 15) is 9.59 Å². The van der Waals surface area contributed by atoms with Crippen LogP contribution in [0.3, 0.4) is 0 Å². The summed E-state index contributed by atoms with van der Waals surface area (Å²) in [7, 11) is 0. The minimum atomic E-state index is -0.263. The highest BCUT2D eigenvalue weighted by molar-refractivity contribution is 8.04. The highest BCUT2D eigenvalue weighted by Crippen LogP contribution is 2.40. The highest BCUT2D eigenvalue weighted by Gasteiger charge is 2.39. The molecule has 0 fully saturated rings. The molecule has 0 unspecified atom stereocenters. The average molecular weight is 401 g/mol. The lowest BCUT2D eigenvalue weighted by molar-refractivity contribution is -0.137. The smallest absolute Gasteiger partial charge is 0.268 e. The van der Waals surface area contributed by atoms with Crippen LogP contribution in [-0.4, -0.2) is 21.7 Å². The highest BCUT2D eigenvalue weighted by atomic mass is 32.2. The lowest BCUT2D eigenvalue weighted by Gasteiger charge is -2.15. The first-order valence-corrected chi connectivity index (χ1v) is 10.2. The van der Waals surface area contributed by atoms with E-state index in [1.807, 2.05) is 68.4 Å². The van der Waals surface area contributed by atoms with Gasteiger partial charge in [0.1, 0.15) is 0 Å². The number of aromatic nitrogens is 1. The third-order valence-electron chi connectivity index (χ3n) is 4.95. The standard InChI is InChI=1S/C24H20N2O2S/c1-16-10-11-19(13-17(16)2)21-22(29-20-8-4-3-5-9-20)24(28)26(23(21)27)15-18-7-6-12-25-14-18/h3-14H,15H2,1-2H3. The van der Waals surface area contributed by atoms with Crippen molar-refractivity contribution in [1.29, 1.82) is 0 Å². The first-order valence-electron chi connectivity index (χ1n) is 9.34.